The number of carbonyl (C=O) groups is 2. The molecule has 5 heteroatoms. The lowest BCUT2D eigenvalue weighted by molar-refractivity contribution is -0.135. The molecule has 4 rings (SSSR count). The number of aromatic hydroxyl groups is 2. The van der Waals surface area contributed by atoms with Gasteiger partial charge in [-0.2, -0.15) is 0 Å². The number of fused-ring (bicyclic) bond motifs is 1. The van der Waals surface area contributed by atoms with E-state index < -0.39 is 11.9 Å². The monoisotopic (exact) mass is 360 g/mol. The molecule has 5 nitrogen and oxygen atoms in total. The van der Waals surface area contributed by atoms with Gasteiger partial charge in [-0.1, -0.05) is 42.5 Å². The molecule has 1 aliphatic rings. The molecule has 27 heavy (non-hydrogen) atoms. The van der Waals surface area contributed by atoms with E-state index in [0.29, 0.717) is 11.1 Å². The fourth-order valence-corrected chi connectivity index (χ4v) is 3.37. The summed E-state index contributed by atoms with van der Waals surface area (Å²) in [7, 11) is 0. The van der Waals surface area contributed by atoms with Crippen molar-refractivity contribution in [1.82, 2.24) is 0 Å². The topological polar surface area (TPSA) is 83.8 Å². The van der Waals surface area contributed by atoms with Gasteiger partial charge in [-0.05, 0) is 29.8 Å². The van der Waals surface area contributed by atoms with Crippen LogP contribution in [0.4, 0.5) is 0 Å². The van der Waals surface area contributed by atoms with Gasteiger partial charge in [0.15, 0.2) is 5.78 Å². The maximum atomic E-state index is 12.8. The maximum absolute atomic E-state index is 12.8. The Kier molecular flexibility index (Phi) is 4.12. The summed E-state index contributed by atoms with van der Waals surface area (Å²) >= 11 is 0. The number of ether oxygens (including phenoxy) is 1. The number of hydrogen-bond donors (Lipinski definition) is 2. The number of ketones is 1. The van der Waals surface area contributed by atoms with E-state index in [9.17, 15) is 19.8 Å². The Bertz CT molecular complexity index is 1020. The van der Waals surface area contributed by atoms with Crippen LogP contribution in [-0.2, 0) is 4.79 Å². The Labute approximate surface area is 155 Å². The van der Waals surface area contributed by atoms with E-state index in [1.807, 2.05) is 6.07 Å². The Morgan fingerprint density at radius 3 is 2.33 bits per heavy atom. The van der Waals surface area contributed by atoms with Gasteiger partial charge in [0, 0.05) is 17.0 Å². The van der Waals surface area contributed by atoms with E-state index in [1.165, 1.54) is 24.3 Å². The summed E-state index contributed by atoms with van der Waals surface area (Å²) in [6.07, 6.45) is 0.0360. The van der Waals surface area contributed by atoms with Gasteiger partial charge >= 0.3 is 5.97 Å². The van der Waals surface area contributed by atoms with Gasteiger partial charge in [-0.3, -0.25) is 9.59 Å². The lowest BCUT2D eigenvalue weighted by Crippen LogP contribution is -2.21. The molecule has 0 amide bonds. The highest BCUT2D eigenvalue weighted by molar-refractivity contribution is 6.11. The molecule has 1 aliphatic heterocycles. The van der Waals surface area contributed by atoms with Crippen molar-refractivity contribution in [2.45, 2.75) is 12.3 Å². The normalized spacial score (nSPS) is 15.7. The Morgan fingerprint density at radius 1 is 0.926 bits per heavy atom. The second-order valence-electron chi connectivity index (χ2n) is 6.39. The van der Waals surface area contributed by atoms with Crippen molar-refractivity contribution in [3.63, 3.8) is 0 Å². The van der Waals surface area contributed by atoms with Crippen molar-refractivity contribution in [2.75, 3.05) is 0 Å². The Balaban J connectivity index is 1.84. The standard InChI is InChI=1S/C22H16O5/c23-15-8-6-13(7-9-15)17-12-19(24)27-18-11-10-16(22(26)20(17)18)21(25)14-4-2-1-3-5-14/h1-11,17,23,26H,12H2. The van der Waals surface area contributed by atoms with Crippen molar-refractivity contribution in [1.29, 1.82) is 0 Å². The molecule has 0 aromatic heterocycles. The van der Waals surface area contributed by atoms with Crippen LogP contribution in [0.3, 0.4) is 0 Å². The number of phenols is 2. The van der Waals surface area contributed by atoms with E-state index in [2.05, 4.69) is 0 Å². The van der Waals surface area contributed by atoms with Crippen LogP contribution in [0.25, 0.3) is 0 Å². The smallest absolute Gasteiger partial charge is 0.312 e. The van der Waals surface area contributed by atoms with E-state index in [1.54, 1.807) is 36.4 Å². The minimum atomic E-state index is -0.467. The van der Waals surface area contributed by atoms with E-state index in [4.69, 9.17) is 4.74 Å². The summed E-state index contributed by atoms with van der Waals surface area (Å²) in [5, 5.41) is 20.4. The molecule has 3 aromatic carbocycles. The van der Waals surface area contributed by atoms with Gasteiger partial charge in [0.25, 0.3) is 0 Å². The molecule has 0 aliphatic carbocycles. The molecular formula is C22H16O5. The summed E-state index contributed by atoms with van der Waals surface area (Å²) in [4.78, 5) is 24.8. The lowest BCUT2D eigenvalue weighted by Gasteiger charge is -2.26. The predicted octanol–water partition coefficient (Wildman–Crippen LogP) is 3.77. The van der Waals surface area contributed by atoms with Crippen LogP contribution in [0.5, 0.6) is 17.2 Å². The van der Waals surface area contributed by atoms with Gasteiger partial charge in [0.1, 0.15) is 17.2 Å². The molecular weight excluding hydrogens is 344 g/mol. The minimum Gasteiger partial charge on any atom is -0.508 e. The molecule has 2 N–H and O–H groups in total. The summed E-state index contributed by atoms with van der Waals surface area (Å²) in [6.45, 7) is 0. The molecule has 0 fully saturated rings. The van der Waals surface area contributed by atoms with Gasteiger partial charge in [0.2, 0.25) is 0 Å². The number of rotatable bonds is 3. The van der Waals surface area contributed by atoms with Crippen molar-refractivity contribution in [3.05, 3.63) is 89.0 Å². The molecule has 0 spiro atoms. The summed E-state index contributed by atoms with van der Waals surface area (Å²) in [6, 6.07) is 18.1. The zero-order chi connectivity index (χ0) is 19.0. The summed E-state index contributed by atoms with van der Waals surface area (Å²) in [5.41, 5.74) is 1.76. The van der Waals surface area contributed by atoms with Gasteiger partial charge in [-0.15, -0.1) is 0 Å². The average molecular weight is 360 g/mol. The molecule has 0 saturated carbocycles. The van der Waals surface area contributed by atoms with E-state index >= 15 is 0 Å². The highest BCUT2D eigenvalue weighted by Crippen LogP contribution is 2.45. The fraction of sp³-hybridized carbons (Fsp3) is 0.0909. The molecule has 1 unspecified atom stereocenters. The first kappa shape index (κ1) is 16.8. The number of esters is 1. The number of carbonyl (C=O) groups excluding carboxylic acids is 2. The third kappa shape index (κ3) is 3.04. The maximum Gasteiger partial charge on any atom is 0.312 e. The summed E-state index contributed by atoms with van der Waals surface area (Å²) in [5.74, 6) is -1.03. The van der Waals surface area contributed by atoms with Crippen LogP contribution in [0.1, 0.15) is 39.4 Å². The van der Waals surface area contributed by atoms with Crippen molar-refractivity contribution < 1.29 is 24.5 Å². The SMILES string of the molecule is O=C1CC(c2ccc(O)cc2)c2c(ccc(C(=O)c3ccccc3)c2O)O1. The molecule has 134 valence electrons. The van der Waals surface area contributed by atoms with Crippen LogP contribution in [0, 0.1) is 0 Å². The minimum absolute atomic E-state index is 0.0360. The van der Waals surface area contributed by atoms with Crippen LogP contribution < -0.4 is 4.74 Å². The van der Waals surface area contributed by atoms with Crippen molar-refractivity contribution >= 4 is 11.8 Å². The van der Waals surface area contributed by atoms with Gasteiger partial charge in [-0.25, -0.2) is 0 Å². The van der Waals surface area contributed by atoms with Gasteiger partial charge < -0.3 is 14.9 Å². The number of hydrogen-bond acceptors (Lipinski definition) is 5. The van der Waals surface area contributed by atoms with Crippen molar-refractivity contribution in [3.8, 4) is 17.2 Å². The zero-order valence-electron chi connectivity index (χ0n) is 14.3. The number of phenolic OH excluding ortho intramolecular Hbond substituents is 2. The van der Waals surface area contributed by atoms with Crippen LogP contribution in [-0.4, -0.2) is 22.0 Å². The average Bonchev–Trinajstić information content (AvgIpc) is 2.68. The van der Waals surface area contributed by atoms with Crippen LogP contribution >= 0.6 is 0 Å². The fourth-order valence-electron chi connectivity index (χ4n) is 3.37. The lowest BCUT2D eigenvalue weighted by atomic mass is 9.84. The Morgan fingerprint density at radius 2 is 1.63 bits per heavy atom. The third-order valence-corrected chi connectivity index (χ3v) is 4.70. The summed E-state index contributed by atoms with van der Waals surface area (Å²) < 4.78 is 5.27. The van der Waals surface area contributed by atoms with Crippen molar-refractivity contribution in [2.24, 2.45) is 0 Å². The first-order valence-corrected chi connectivity index (χ1v) is 8.50. The zero-order valence-corrected chi connectivity index (χ0v) is 14.3. The molecule has 1 heterocycles. The van der Waals surface area contributed by atoms with E-state index in [-0.39, 0.29) is 35.0 Å². The highest BCUT2D eigenvalue weighted by atomic mass is 16.5. The van der Waals surface area contributed by atoms with Gasteiger partial charge in [0.05, 0.1) is 12.0 Å². The molecule has 0 bridgehead atoms. The first-order chi connectivity index (χ1) is 13.0. The molecule has 0 saturated heterocycles. The first-order valence-electron chi connectivity index (χ1n) is 8.50. The number of benzene rings is 3. The highest BCUT2D eigenvalue weighted by Gasteiger charge is 2.33. The molecule has 1 atom stereocenters. The predicted molar refractivity (Wildman–Crippen MR) is 98.2 cm³/mol. The second-order valence-corrected chi connectivity index (χ2v) is 6.39. The van der Waals surface area contributed by atoms with E-state index in [0.717, 1.165) is 5.56 Å². The van der Waals surface area contributed by atoms with Crippen LogP contribution in [0.15, 0.2) is 66.7 Å². The third-order valence-electron chi connectivity index (χ3n) is 4.70. The Hall–Kier alpha value is -3.60. The second kappa shape index (κ2) is 6.61. The largest absolute Gasteiger partial charge is 0.508 e. The quantitative estimate of drug-likeness (QED) is 0.422. The molecule has 3 aromatic rings. The van der Waals surface area contributed by atoms with Crippen LogP contribution in [0.2, 0.25) is 0 Å². The molecule has 0 radical (unpaired) electrons.